The number of nitrogens with one attached hydrogen (secondary N) is 1. The summed E-state index contributed by atoms with van der Waals surface area (Å²) < 4.78 is 5.73. The summed E-state index contributed by atoms with van der Waals surface area (Å²) in [6.07, 6.45) is 0.267. The van der Waals surface area contributed by atoms with E-state index in [0.29, 0.717) is 10.8 Å². The second-order valence-electron chi connectivity index (χ2n) is 5.62. The molecule has 0 aromatic heterocycles. The van der Waals surface area contributed by atoms with E-state index in [0.717, 1.165) is 28.8 Å². The molecular weight excluding hydrogens is 310 g/mol. The van der Waals surface area contributed by atoms with Crippen molar-refractivity contribution in [1.29, 1.82) is 0 Å². The third-order valence-electron chi connectivity index (χ3n) is 3.80. The predicted molar refractivity (Wildman–Crippen MR) is 95.5 cm³/mol. The van der Waals surface area contributed by atoms with E-state index in [4.69, 9.17) is 16.3 Å². The van der Waals surface area contributed by atoms with Gasteiger partial charge in [-0.3, -0.25) is 4.79 Å². The van der Waals surface area contributed by atoms with Crippen LogP contribution in [0, 0.1) is 13.8 Å². The van der Waals surface area contributed by atoms with Crippen LogP contribution in [0.2, 0.25) is 5.02 Å². The highest BCUT2D eigenvalue weighted by Crippen LogP contribution is 2.24. The molecule has 1 N–H and O–H groups in total. The third-order valence-corrected chi connectivity index (χ3v) is 4.22. The molecule has 4 heteroatoms. The fraction of sp³-hybridized carbons (Fsp3) is 0.316. The fourth-order valence-corrected chi connectivity index (χ4v) is 2.49. The number of para-hydroxylation sites is 1. The van der Waals surface area contributed by atoms with Gasteiger partial charge in [0.1, 0.15) is 5.75 Å². The average Bonchev–Trinajstić information content (AvgIpc) is 2.52. The number of carbonyl (C=O) groups is 1. The van der Waals surface area contributed by atoms with Crippen LogP contribution < -0.4 is 10.1 Å². The van der Waals surface area contributed by atoms with Gasteiger partial charge in [0.2, 0.25) is 0 Å². The largest absolute Gasteiger partial charge is 0.481 e. The number of carbonyl (C=O) groups excluding carboxylic acids is 1. The van der Waals surface area contributed by atoms with Gasteiger partial charge in [-0.15, -0.1) is 0 Å². The van der Waals surface area contributed by atoms with E-state index in [2.05, 4.69) is 12.2 Å². The Kier molecular flexibility index (Phi) is 5.67. The molecule has 2 aromatic carbocycles. The molecule has 0 bridgehead atoms. The van der Waals surface area contributed by atoms with Crippen molar-refractivity contribution in [2.75, 3.05) is 5.32 Å². The molecule has 1 unspecified atom stereocenters. The summed E-state index contributed by atoms with van der Waals surface area (Å²) >= 11 is 6.00. The van der Waals surface area contributed by atoms with E-state index >= 15 is 0 Å². The lowest BCUT2D eigenvalue weighted by Crippen LogP contribution is -2.30. The highest BCUT2D eigenvalue weighted by Gasteiger charge is 2.17. The summed E-state index contributed by atoms with van der Waals surface area (Å²) in [5, 5.41) is 3.67. The molecule has 1 amide bonds. The van der Waals surface area contributed by atoms with Crippen molar-refractivity contribution in [2.45, 2.75) is 40.2 Å². The zero-order valence-electron chi connectivity index (χ0n) is 13.9. The first-order valence-electron chi connectivity index (χ1n) is 7.74. The minimum Gasteiger partial charge on any atom is -0.481 e. The number of hydrogen-bond donors (Lipinski definition) is 1. The lowest BCUT2D eigenvalue weighted by atomic mass is 10.1. The van der Waals surface area contributed by atoms with E-state index < -0.39 is 6.10 Å². The summed E-state index contributed by atoms with van der Waals surface area (Å²) in [5.41, 5.74) is 3.96. The highest BCUT2D eigenvalue weighted by molar-refractivity contribution is 6.31. The van der Waals surface area contributed by atoms with Crippen LogP contribution in [0.1, 0.15) is 30.5 Å². The molecular formula is C19H22ClNO2. The first-order chi connectivity index (χ1) is 10.9. The van der Waals surface area contributed by atoms with Crippen LogP contribution >= 0.6 is 11.6 Å². The van der Waals surface area contributed by atoms with E-state index in [-0.39, 0.29) is 5.91 Å². The van der Waals surface area contributed by atoms with Crippen LogP contribution in [0.25, 0.3) is 0 Å². The van der Waals surface area contributed by atoms with Gasteiger partial charge in [0.25, 0.3) is 5.91 Å². The standard InChI is InChI=1S/C19H22ClNO2/c1-5-15-8-6-7-12(2)18(15)21-19(22)14(4)23-16-9-10-17(20)13(3)11-16/h6-11,14H,5H2,1-4H3,(H,21,22). The molecule has 3 nitrogen and oxygen atoms in total. The van der Waals surface area contributed by atoms with Crippen LogP contribution in [0.15, 0.2) is 36.4 Å². The lowest BCUT2D eigenvalue weighted by molar-refractivity contribution is -0.122. The Morgan fingerprint density at radius 1 is 1.22 bits per heavy atom. The first kappa shape index (κ1) is 17.4. The van der Waals surface area contributed by atoms with Gasteiger partial charge in [-0.2, -0.15) is 0 Å². The minimum absolute atomic E-state index is 0.165. The summed E-state index contributed by atoms with van der Waals surface area (Å²) in [4.78, 5) is 12.4. The zero-order chi connectivity index (χ0) is 17.0. The van der Waals surface area contributed by atoms with E-state index in [9.17, 15) is 4.79 Å². The smallest absolute Gasteiger partial charge is 0.265 e. The molecule has 2 aromatic rings. The van der Waals surface area contributed by atoms with Crippen molar-refractivity contribution in [3.8, 4) is 5.75 Å². The maximum Gasteiger partial charge on any atom is 0.265 e. The Labute approximate surface area is 142 Å². The van der Waals surface area contributed by atoms with Gasteiger partial charge in [0, 0.05) is 10.7 Å². The number of ether oxygens (including phenoxy) is 1. The maximum absolute atomic E-state index is 12.4. The normalized spacial score (nSPS) is 11.9. The minimum atomic E-state index is -0.597. The second-order valence-corrected chi connectivity index (χ2v) is 6.03. The Balaban J connectivity index is 2.10. The van der Waals surface area contributed by atoms with Crippen molar-refractivity contribution in [3.63, 3.8) is 0 Å². The molecule has 0 saturated heterocycles. The number of amides is 1. The van der Waals surface area contributed by atoms with Crippen LogP contribution in [0.4, 0.5) is 5.69 Å². The Morgan fingerprint density at radius 2 is 1.96 bits per heavy atom. The molecule has 0 aliphatic heterocycles. The molecule has 0 radical (unpaired) electrons. The van der Waals surface area contributed by atoms with Crippen LogP contribution in [0.5, 0.6) is 5.75 Å². The van der Waals surface area contributed by atoms with E-state index in [1.54, 1.807) is 19.1 Å². The van der Waals surface area contributed by atoms with Gasteiger partial charge in [0.05, 0.1) is 0 Å². The number of hydrogen-bond acceptors (Lipinski definition) is 2. The Bertz CT molecular complexity index is 713. The van der Waals surface area contributed by atoms with Gasteiger partial charge < -0.3 is 10.1 Å². The number of halogens is 1. The maximum atomic E-state index is 12.4. The number of rotatable bonds is 5. The summed E-state index contributed by atoms with van der Waals surface area (Å²) in [7, 11) is 0. The lowest BCUT2D eigenvalue weighted by Gasteiger charge is -2.18. The van der Waals surface area contributed by atoms with Crippen LogP contribution in [0.3, 0.4) is 0 Å². The molecule has 23 heavy (non-hydrogen) atoms. The number of anilines is 1. The Morgan fingerprint density at radius 3 is 2.61 bits per heavy atom. The molecule has 0 fully saturated rings. The quantitative estimate of drug-likeness (QED) is 0.844. The van der Waals surface area contributed by atoms with Crippen molar-refractivity contribution in [2.24, 2.45) is 0 Å². The molecule has 1 atom stereocenters. The molecule has 0 heterocycles. The number of aryl methyl sites for hydroxylation is 3. The van der Waals surface area contributed by atoms with Crippen molar-refractivity contribution in [3.05, 3.63) is 58.1 Å². The van der Waals surface area contributed by atoms with Crippen molar-refractivity contribution >= 4 is 23.2 Å². The summed E-state index contributed by atoms with van der Waals surface area (Å²) in [6, 6.07) is 11.4. The van der Waals surface area contributed by atoms with Crippen LogP contribution in [-0.4, -0.2) is 12.0 Å². The molecule has 0 spiro atoms. The predicted octanol–water partition coefficient (Wildman–Crippen LogP) is 4.93. The highest BCUT2D eigenvalue weighted by atomic mass is 35.5. The summed E-state index contributed by atoms with van der Waals surface area (Å²) in [6.45, 7) is 7.70. The first-order valence-corrected chi connectivity index (χ1v) is 8.12. The SMILES string of the molecule is CCc1cccc(C)c1NC(=O)C(C)Oc1ccc(Cl)c(C)c1. The van der Waals surface area contributed by atoms with Crippen molar-refractivity contribution in [1.82, 2.24) is 0 Å². The molecule has 122 valence electrons. The molecule has 2 rings (SSSR count). The molecule has 0 aliphatic rings. The number of benzene rings is 2. The fourth-order valence-electron chi connectivity index (χ4n) is 2.37. The Hall–Kier alpha value is -2.00. The van der Waals surface area contributed by atoms with Gasteiger partial charge in [-0.25, -0.2) is 0 Å². The van der Waals surface area contributed by atoms with E-state index in [1.165, 1.54) is 0 Å². The second kappa shape index (κ2) is 7.51. The molecule has 0 saturated carbocycles. The average molecular weight is 332 g/mol. The van der Waals surface area contributed by atoms with Crippen molar-refractivity contribution < 1.29 is 9.53 Å². The van der Waals surface area contributed by atoms with Gasteiger partial charge in [-0.1, -0.05) is 36.7 Å². The monoisotopic (exact) mass is 331 g/mol. The zero-order valence-corrected chi connectivity index (χ0v) is 14.7. The summed E-state index contributed by atoms with van der Waals surface area (Å²) in [5.74, 6) is 0.469. The third kappa shape index (κ3) is 4.26. The van der Waals surface area contributed by atoms with Crippen LogP contribution in [-0.2, 0) is 11.2 Å². The topological polar surface area (TPSA) is 38.3 Å². The molecule has 0 aliphatic carbocycles. The van der Waals surface area contributed by atoms with Gasteiger partial charge >= 0.3 is 0 Å². The van der Waals surface area contributed by atoms with Gasteiger partial charge in [-0.05, 0) is 62.1 Å². The van der Waals surface area contributed by atoms with Gasteiger partial charge in [0.15, 0.2) is 6.10 Å². The van der Waals surface area contributed by atoms with E-state index in [1.807, 2.05) is 38.1 Å².